The molecule has 3 rings (SSSR count). The molecule has 1 amide bonds. The van der Waals surface area contributed by atoms with E-state index in [0.717, 1.165) is 38.5 Å². The first kappa shape index (κ1) is 17.9. The van der Waals surface area contributed by atoms with Crippen molar-refractivity contribution < 1.29 is 4.79 Å². The van der Waals surface area contributed by atoms with Crippen molar-refractivity contribution in [2.75, 3.05) is 42.9 Å². The van der Waals surface area contributed by atoms with Crippen LogP contribution in [0.15, 0.2) is 30.3 Å². The molecule has 6 nitrogen and oxygen atoms in total. The third-order valence-electron chi connectivity index (χ3n) is 4.22. The Morgan fingerprint density at radius 2 is 1.84 bits per heavy atom. The number of amides is 1. The summed E-state index contributed by atoms with van der Waals surface area (Å²) in [5, 5.41) is 11.8. The maximum absolute atomic E-state index is 12.2. The van der Waals surface area contributed by atoms with Crippen LogP contribution in [0, 0.1) is 0 Å². The van der Waals surface area contributed by atoms with E-state index in [0.29, 0.717) is 21.4 Å². The Kier molecular flexibility index (Phi) is 5.73. The van der Waals surface area contributed by atoms with Gasteiger partial charge in [-0.2, -0.15) is 0 Å². The maximum atomic E-state index is 12.2. The van der Waals surface area contributed by atoms with E-state index in [2.05, 4.69) is 32.2 Å². The molecular weight excluding hydrogens is 361 g/mol. The largest absolute Gasteiger partial charge is 0.353 e. The van der Waals surface area contributed by atoms with E-state index in [1.165, 1.54) is 6.07 Å². The van der Waals surface area contributed by atoms with Gasteiger partial charge in [0, 0.05) is 31.7 Å². The third-order valence-corrected chi connectivity index (χ3v) is 4.96. The number of halogens is 2. The second kappa shape index (κ2) is 7.99. The topological polar surface area (TPSA) is 61.4 Å². The van der Waals surface area contributed by atoms with Crippen LogP contribution in [-0.2, 0) is 0 Å². The predicted octanol–water partition coefficient (Wildman–Crippen LogP) is 3.18. The summed E-state index contributed by atoms with van der Waals surface area (Å²) in [6.07, 6.45) is 0. The lowest BCUT2D eigenvalue weighted by Crippen LogP contribution is -2.46. The average molecular weight is 380 g/mol. The Bertz CT molecular complexity index is 745. The van der Waals surface area contributed by atoms with Crippen molar-refractivity contribution in [3.05, 3.63) is 45.9 Å². The van der Waals surface area contributed by atoms with Gasteiger partial charge in [0.15, 0.2) is 11.6 Å². The molecule has 1 aliphatic heterocycles. The highest BCUT2D eigenvalue weighted by molar-refractivity contribution is 6.42. The minimum absolute atomic E-state index is 0.308. The summed E-state index contributed by atoms with van der Waals surface area (Å²) in [4.78, 5) is 16.8. The molecule has 132 valence electrons. The van der Waals surface area contributed by atoms with E-state index in [-0.39, 0.29) is 5.91 Å². The Balaban J connectivity index is 1.62. The molecule has 1 aromatic heterocycles. The minimum atomic E-state index is -0.308. The van der Waals surface area contributed by atoms with Gasteiger partial charge in [0.2, 0.25) is 0 Å². The summed E-state index contributed by atoms with van der Waals surface area (Å²) in [6, 6.07) is 8.35. The molecule has 8 heteroatoms. The van der Waals surface area contributed by atoms with Crippen molar-refractivity contribution in [2.45, 2.75) is 6.92 Å². The molecule has 1 aliphatic rings. The fourth-order valence-electron chi connectivity index (χ4n) is 2.68. The molecule has 1 aromatic carbocycles. The lowest BCUT2D eigenvalue weighted by molar-refractivity contribution is 0.102. The Labute approximate surface area is 156 Å². The molecule has 0 atom stereocenters. The molecule has 1 fully saturated rings. The maximum Gasteiger partial charge on any atom is 0.256 e. The van der Waals surface area contributed by atoms with Crippen molar-refractivity contribution in [1.29, 1.82) is 0 Å². The third kappa shape index (κ3) is 4.39. The highest BCUT2D eigenvalue weighted by atomic mass is 35.5. The van der Waals surface area contributed by atoms with Crippen LogP contribution in [-0.4, -0.2) is 53.7 Å². The van der Waals surface area contributed by atoms with Crippen LogP contribution in [0.4, 0.5) is 11.6 Å². The number of benzene rings is 1. The quantitative estimate of drug-likeness (QED) is 0.883. The number of nitrogens with one attached hydrogen (secondary N) is 1. The monoisotopic (exact) mass is 379 g/mol. The average Bonchev–Trinajstić information content (AvgIpc) is 2.64. The van der Waals surface area contributed by atoms with E-state index in [9.17, 15) is 4.79 Å². The fraction of sp³-hybridized carbons (Fsp3) is 0.353. The van der Waals surface area contributed by atoms with E-state index in [4.69, 9.17) is 23.2 Å². The number of hydrogen-bond donors (Lipinski definition) is 1. The molecule has 25 heavy (non-hydrogen) atoms. The smallest absolute Gasteiger partial charge is 0.256 e. The summed E-state index contributed by atoms with van der Waals surface area (Å²) >= 11 is 11.8. The van der Waals surface area contributed by atoms with Gasteiger partial charge in [-0.1, -0.05) is 30.1 Å². The van der Waals surface area contributed by atoms with E-state index in [1.54, 1.807) is 18.2 Å². The molecule has 2 heterocycles. The first-order valence-electron chi connectivity index (χ1n) is 8.14. The number of anilines is 2. The molecule has 1 N–H and O–H groups in total. The first-order valence-corrected chi connectivity index (χ1v) is 8.90. The standard InChI is InChI=1S/C17H19Cl2N5O/c1-2-23-7-9-24(10-8-23)16-6-5-15(21-22-16)20-17(25)12-3-4-13(18)14(19)11-12/h3-6,11H,2,7-10H2,1H3,(H,20,21,25). The van der Waals surface area contributed by atoms with Crippen molar-refractivity contribution in [3.8, 4) is 0 Å². The number of piperazine rings is 1. The first-order chi connectivity index (χ1) is 12.1. The van der Waals surface area contributed by atoms with Gasteiger partial charge in [0.1, 0.15) is 0 Å². The molecule has 0 radical (unpaired) electrons. The van der Waals surface area contributed by atoms with Crippen LogP contribution >= 0.6 is 23.2 Å². The number of hydrogen-bond acceptors (Lipinski definition) is 5. The van der Waals surface area contributed by atoms with Gasteiger partial charge in [-0.3, -0.25) is 4.79 Å². The number of carbonyl (C=O) groups excluding carboxylic acids is 1. The van der Waals surface area contributed by atoms with E-state index >= 15 is 0 Å². The lowest BCUT2D eigenvalue weighted by Gasteiger charge is -2.34. The number of likely N-dealkylation sites (N-methyl/N-ethyl adjacent to an activating group) is 1. The highest BCUT2D eigenvalue weighted by Crippen LogP contribution is 2.23. The molecule has 0 saturated carbocycles. The summed E-state index contributed by atoms with van der Waals surface area (Å²) in [5.41, 5.74) is 0.413. The zero-order valence-electron chi connectivity index (χ0n) is 13.9. The fourth-order valence-corrected chi connectivity index (χ4v) is 2.98. The van der Waals surface area contributed by atoms with Gasteiger partial charge in [-0.25, -0.2) is 0 Å². The van der Waals surface area contributed by atoms with Gasteiger partial charge in [-0.15, -0.1) is 10.2 Å². The van der Waals surface area contributed by atoms with E-state index < -0.39 is 0 Å². The zero-order chi connectivity index (χ0) is 17.8. The Morgan fingerprint density at radius 3 is 2.44 bits per heavy atom. The second-order valence-corrected chi connectivity index (χ2v) is 6.60. The van der Waals surface area contributed by atoms with Gasteiger partial charge in [0.25, 0.3) is 5.91 Å². The van der Waals surface area contributed by atoms with Gasteiger partial charge in [-0.05, 0) is 36.9 Å². The van der Waals surface area contributed by atoms with Crippen molar-refractivity contribution in [3.63, 3.8) is 0 Å². The summed E-state index contributed by atoms with van der Waals surface area (Å²) in [6.45, 7) is 7.14. The SMILES string of the molecule is CCN1CCN(c2ccc(NC(=O)c3ccc(Cl)c(Cl)c3)nn2)CC1. The second-order valence-electron chi connectivity index (χ2n) is 5.78. The van der Waals surface area contributed by atoms with Crippen LogP contribution in [0.25, 0.3) is 0 Å². The lowest BCUT2D eigenvalue weighted by atomic mass is 10.2. The van der Waals surface area contributed by atoms with Crippen molar-refractivity contribution >= 4 is 40.7 Å². The van der Waals surface area contributed by atoms with Crippen LogP contribution < -0.4 is 10.2 Å². The molecule has 0 unspecified atom stereocenters. The summed E-state index contributed by atoms with van der Waals surface area (Å²) in [5.74, 6) is 0.910. The van der Waals surface area contributed by atoms with Gasteiger partial charge < -0.3 is 15.1 Å². The molecule has 0 bridgehead atoms. The molecule has 0 aliphatic carbocycles. The van der Waals surface area contributed by atoms with Crippen LogP contribution in [0.3, 0.4) is 0 Å². The van der Waals surface area contributed by atoms with Crippen LogP contribution in [0.5, 0.6) is 0 Å². The molecular formula is C17H19Cl2N5O. The number of carbonyl (C=O) groups is 1. The van der Waals surface area contributed by atoms with Crippen molar-refractivity contribution in [2.24, 2.45) is 0 Å². The van der Waals surface area contributed by atoms with Crippen molar-refractivity contribution in [1.82, 2.24) is 15.1 Å². The zero-order valence-corrected chi connectivity index (χ0v) is 15.4. The normalized spacial score (nSPS) is 15.2. The van der Waals surface area contributed by atoms with Crippen LogP contribution in [0.1, 0.15) is 17.3 Å². The summed E-state index contributed by atoms with van der Waals surface area (Å²) in [7, 11) is 0. The molecule has 0 spiro atoms. The Morgan fingerprint density at radius 1 is 1.08 bits per heavy atom. The Hall–Kier alpha value is -1.89. The summed E-state index contributed by atoms with van der Waals surface area (Å²) < 4.78 is 0. The van der Waals surface area contributed by atoms with Crippen LogP contribution in [0.2, 0.25) is 10.0 Å². The molecule has 2 aromatic rings. The number of nitrogens with zero attached hydrogens (tertiary/aromatic N) is 4. The number of rotatable bonds is 4. The number of aromatic nitrogens is 2. The van der Waals surface area contributed by atoms with Gasteiger partial charge >= 0.3 is 0 Å². The van der Waals surface area contributed by atoms with E-state index in [1.807, 2.05) is 6.07 Å². The predicted molar refractivity (Wildman–Crippen MR) is 101 cm³/mol. The molecule has 1 saturated heterocycles. The highest BCUT2D eigenvalue weighted by Gasteiger charge is 2.17. The minimum Gasteiger partial charge on any atom is -0.353 e. The van der Waals surface area contributed by atoms with Gasteiger partial charge in [0.05, 0.1) is 10.0 Å².